The molecule has 0 bridgehead atoms. The Bertz CT molecular complexity index is 1470. The second-order valence-electron chi connectivity index (χ2n) is 10.8. The lowest BCUT2D eigenvalue weighted by Crippen LogP contribution is -2.53. The number of carbonyl (C=O) groups excluding carboxylic acids is 2. The smallest absolute Gasteiger partial charge is 0.369 e. The quantitative estimate of drug-likeness (QED) is 0.426. The largest absolute Gasteiger partial charge is 0.430 e. The van der Waals surface area contributed by atoms with E-state index in [4.69, 9.17) is 0 Å². The Hall–Kier alpha value is -3.17. The van der Waals surface area contributed by atoms with Crippen LogP contribution in [0.3, 0.4) is 0 Å². The fourth-order valence-corrected chi connectivity index (χ4v) is 6.04. The normalized spacial score (nSPS) is 18.6. The van der Waals surface area contributed by atoms with E-state index in [0.717, 1.165) is 25.0 Å². The number of anilines is 1. The van der Waals surface area contributed by atoms with Crippen molar-refractivity contribution >= 4 is 27.3 Å². The van der Waals surface area contributed by atoms with Crippen molar-refractivity contribution in [3.63, 3.8) is 0 Å². The van der Waals surface area contributed by atoms with Crippen LogP contribution in [0.25, 0.3) is 0 Å². The molecule has 1 heterocycles. The summed E-state index contributed by atoms with van der Waals surface area (Å²) < 4.78 is 104. The fourth-order valence-electron chi connectivity index (χ4n) is 5.11. The number of aliphatic hydroxyl groups is 1. The second kappa shape index (κ2) is 10.5. The molecule has 1 unspecified atom stereocenters. The number of carbonyl (C=O) groups is 2. The van der Waals surface area contributed by atoms with Gasteiger partial charge < -0.3 is 20.2 Å². The minimum atomic E-state index is -6.07. The number of nitrogens with one attached hydrogen (secondary N) is 1. The highest BCUT2D eigenvalue weighted by Gasteiger charge is 2.71. The summed E-state index contributed by atoms with van der Waals surface area (Å²) in [5.41, 5.74) is -6.43. The van der Waals surface area contributed by atoms with Crippen molar-refractivity contribution in [3.8, 4) is 0 Å². The molecule has 0 spiro atoms. The number of alkyl halides is 6. The first-order valence-electron chi connectivity index (χ1n) is 12.9. The van der Waals surface area contributed by atoms with Gasteiger partial charge in [0, 0.05) is 29.8 Å². The Labute approximate surface area is 238 Å². The highest BCUT2D eigenvalue weighted by Crippen LogP contribution is 2.50. The van der Waals surface area contributed by atoms with Crippen LogP contribution < -0.4 is 5.32 Å². The molecule has 0 aromatic heterocycles. The summed E-state index contributed by atoms with van der Waals surface area (Å²) in [4.78, 5) is 30.2. The van der Waals surface area contributed by atoms with Crippen molar-refractivity contribution in [3.05, 3.63) is 59.2 Å². The maximum Gasteiger partial charge on any atom is 0.430 e. The molecule has 1 fully saturated rings. The molecule has 2 aliphatic rings. The van der Waals surface area contributed by atoms with Gasteiger partial charge in [0.25, 0.3) is 11.5 Å². The van der Waals surface area contributed by atoms with Crippen LogP contribution in [0.1, 0.15) is 48.9 Å². The monoisotopic (exact) mass is 621 g/mol. The average Bonchev–Trinajstić information content (AvgIpc) is 3.58. The minimum Gasteiger partial charge on any atom is -0.369 e. The Balaban J connectivity index is 1.66. The van der Waals surface area contributed by atoms with Crippen molar-refractivity contribution < 1.29 is 49.5 Å². The predicted molar refractivity (Wildman–Crippen MR) is 139 cm³/mol. The summed E-state index contributed by atoms with van der Waals surface area (Å²) in [5, 5.41) is 12.0. The molecule has 4 rings (SSSR count). The Morgan fingerprint density at radius 1 is 1.02 bits per heavy atom. The van der Waals surface area contributed by atoms with E-state index in [9.17, 15) is 49.5 Å². The molecule has 1 atom stereocenters. The lowest BCUT2D eigenvalue weighted by molar-refractivity contribution is -0.376. The van der Waals surface area contributed by atoms with E-state index < -0.39 is 45.3 Å². The molecule has 2 N–H and O–H groups in total. The van der Waals surface area contributed by atoms with Crippen LogP contribution in [0.4, 0.5) is 32.0 Å². The third-order valence-electron chi connectivity index (χ3n) is 8.02. The van der Waals surface area contributed by atoms with E-state index in [1.165, 1.54) is 30.0 Å². The number of hydrogen-bond donors (Lipinski definition) is 2. The highest BCUT2D eigenvalue weighted by atomic mass is 32.2. The SMILES string of the molecule is CCS(=O)(=O)c1ccc2c(c1)CN(C(=O)CC1(N(C)C)CC1)C2C(=O)Nc1ccc(C(O)(C(F)(F)F)C(F)(F)F)cc1. The van der Waals surface area contributed by atoms with E-state index in [0.29, 0.717) is 23.3 Å². The van der Waals surface area contributed by atoms with Crippen LogP contribution in [0.2, 0.25) is 0 Å². The fraction of sp³-hybridized carbons (Fsp3) is 0.481. The van der Waals surface area contributed by atoms with E-state index in [1.54, 1.807) is 0 Å². The van der Waals surface area contributed by atoms with Crippen LogP contribution in [-0.2, 0) is 31.6 Å². The molecule has 0 saturated heterocycles. The van der Waals surface area contributed by atoms with Crippen LogP contribution in [0, 0.1) is 0 Å². The summed E-state index contributed by atoms with van der Waals surface area (Å²) in [6.07, 6.45) is -10.5. The van der Waals surface area contributed by atoms with Crippen LogP contribution in [-0.4, -0.2) is 72.9 Å². The van der Waals surface area contributed by atoms with E-state index >= 15 is 0 Å². The Morgan fingerprint density at radius 2 is 1.60 bits per heavy atom. The van der Waals surface area contributed by atoms with Gasteiger partial charge in [-0.05, 0) is 62.3 Å². The third kappa shape index (κ3) is 5.49. The van der Waals surface area contributed by atoms with Crippen molar-refractivity contribution in [2.24, 2.45) is 0 Å². The Kier molecular flexibility index (Phi) is 7.96. The predicted octanol–water partition coefficient (Wildman–Crippen LogP) is 4.30. The minimum absolute atomic E-state index is 0.0153. The van der Waals surface area contributed by atoms with Crippen LogP contribution >= 0.6 is 0 Å². The molecule has 1 aliphatic heterocycles. The molecule has 2 aromatic rings. The highest BCUT2D eigenvalue weighted by molar-refractivity contribution is 7.91. The van der Waals surface area contributed by atoms with Crippen molar-refractivity contribution in [2.45, 2.75) is 67.2 Å². The molecule has 1 aliphatic carbocycles. The molecular formula is C27H29F6N3O5S. The molecular weight excluding hydrogens is 592 g/mol. The maximum absolute atomic E-state index is 13.5. The summed E-state index contributed by atoms with van der Waals surface area (Å²) in [7, 11) is 0.0512. The zero-order valence-electron chi connectivity index (χ0n) is 22.8. The van der Waals surface area contributed by atoms with Gasteiger partial charge in [0.2, 0.25) is 5.91 Å². The molecule has 0 radical (unpaired) electrons. The van der Waals surface area contributed by atoms with Gasteiger partial charge in [0.15, 0.2) is 9.84 Å². The van der Waals surface area contributed by atoms with Gasteiger partial charge in [0.05, 0.1) is 10.6 Å². The summed E-state index contributed by atoms with van der Waals surface area (Å²) in [6.45, 7) is 1.40. The molecule has 42 heavy (non-hydrogen) atoms. The number of benzene rings is 2. The average molecular weight is 622 g/mol. The number of hydrogen-bond acceptors (Lipinski definition) is 6. The van der Waals surface area contributed by atoms with Gasteiger partial charge in [-0.2, -0.15) is 26.3 Å². The molecule has 8 nitrogen and oxygen atoms in total. The standard InChI is InChI=1S/C27H29F6N3O5S/c1-4-42(40,41)19-9-10-20-16(13-19)15-36(21(37)14-24(11-12-24)35(2)3)22(20)23(38)34-18-7-5-17(6-8-18)25(39,26(28,29)30)27(31,32)33/h5-10,13,22,39H,4,11-12,14-15H2,1-3H3,(H,34,38). The number of halogens is 6. The third-order valence-corrected chi connectivity index (χ3v) is 9.75. The van der Waals surface area contributed by atoms with Crippen molar-refractivity contribution in [1.29, 1.82) is 0 Å². The zero-order valence-corrected chi connectivity index (χ0v) is 23.6. The number of fused-ring (bicyclic) bond motifs is 1. The molecule has 1 saturated carbocycles. The summed E-state index contributed by atoms with van der Waals surface area (Å²) >= 11 is 0. The van der Waals surface area contributed by atoms with E-state index in [-0.39, 0.29) is 40.7 Å². The number of rotatable bonds is 8. The number of sulfone groups is 1. The maximum atomic E-state index is 13.5. The molecule has 15 heteroatoms. The van der Waals surface area contributed by atoms with Crippen LogP contribution in [0.15, 0.2) is 47.4 Å². The van der Waals surface area contributed by atoms with Gasteiger partial charge >= 0.3 is 12.4 Å². The Morgan fingerprint density at radius 3 is 2.07 bits per heavy atom. The lowest BCUT2D eigenvalue weighted by Gasteiger charge is -2.32. The van der Waals surface area contributed by atoms with Gasteiger partial charge in [-0.3, -0.25) is 9.59 Å². The second-order valence-corrected chi connectivity index (χ2v) is 13.0. The lowest BCUT2D eigenvalue weighted by atomic mass is 9.92. The van der Waals surface area contributed by atoms with Crippen molar-refractivity contribution in [2.75, 3.05) is 25.2 Å². The molecule has 230 valence electrons. The van der Waals surface area contributed by atoms with E-state index in [1.807, 2.05) is 19.0 Å². The summed E-state index contributed by atoms with van der Waals surface area (Å²) in [5.74, 6) is -1.36. The van der Waals surface area contributed by atoms with E-state index in [2.05, 4.69) is 5.32 Å². The number of nitrogens with zero attached hydrogens (tertiary/aromatic N) is 2. The van der Waals surface area contributed by atoms with Gasteiger partial charge in [-0.15, -0.1) is 0 Å². The first kappa shape index (κ1) is 31.8. The van der Waals surface area contributed by atoms with Crippen LogP contribution in [0.5, 0.6) is 0 Å². The summed E-state index contributed by atoms with van der Waals surface area (Å²) in [6, 6.07) is 5.24. The molecule has 2 aromatic carbocycles. The molecule has 2 amide bonds. The van der Waals surface area contributed by atoms with Gasteiger partial charge in [-0.1, -0.05) is 25.1 Å². The topological polar surface area (TPSA) is 107 Å². The van der Waals surface area contributed by atoms with Gasteiger partial charge in [-0.25, -0.2) is 8.42 Å². The first-order chi connectivity index (χ1) is 19.3. The zero-order chi connectivity index (χ0) is 31.5. The number of amides is 2. The van der Waals surface area contributed by atoms with Crippen molar-refractivity contribution in [1.82, 2.24) is 9.80 Å². The van der Waals surface area contributed by atoms with Gasteiger partial charge in [0.1, 0.15) is 6.04 Å². The first-order valence-corrected chi connectivity index (χ1v) is 14.5.